The average Bonchev–Trinajstić information content (AvgIpc) is 1.63. The number of hydrogen-bond donors (Lipinski definition) is 5. The number of fused-ring (bicyclic) bond motifs is 1. The molecule has 6 aliphatic heterocycles. The first-order valence-electron chi connectivity index (χ1n) is 34.3. The van der Waals surface area contributed by atoms with Gasteiger partial charge in [0.05, 0.1) is 23.8 Å². The molecule has 5 saturated heterocycles. The number of carbonyl (C=O) groups excluding carboxylic acids is 7. The number of rotatable bonds is 19. The van der Waals surface area contributed by atoms with Gasteiger partial charge in [0, 0.05) is 128 Å². The number of amidine groups is 1. The first-order chi connectivity index (χ1) is 45.8. The molecular formula is C71H104ClN15O9S. The number of benzene rings is 2. The zero-order valence-electron chi connectivity index (χ0n) is 58.4. The van der Waals surface area contributed by atoms with Crippen molar-refractivity contribution in [3.05, 3.63) is 100 Å². The number of likely N-dealkylation sites (tertiary alicyclic amines) is 3. The molecule has 10 rings (SSSR count). The van der Waals surface area contributed by atoms with Crippen LogP contribution in [0, 0.1) is 11.8 Å². The van der Waals surface area contributed by atoms with E-state index in [4.69, 9.17) is 26.1 Å². The molecule has 530 valence electrons. The number of alkyl carbamates (subject to hydrolysis) is 1. The zero-order chi connectivity index (χ0) is 68.7. The van der Waals surface area contributed by atoms with E-state index in [1.807, 2.05) is 86.5 Å². The predicted octanol–water partition coefficient (Wildman–Crippen LogP) is 7.79. The summed E-state index contributed by atoms with van der Waals surface area (Å²) in [6.45, 7) is 26.8. The summed E-state index contributed by atoms with van der Waals surface area (Å²) in [6.07, 6.45) is 8.45. The van der Waals surface area contributed by atoms with Crippen molar-refractivity contribution in [1.29, 1.82) is 0 Å². The Morgan fingerprint density at radius 2 is 1.48 bits per heavy atom. The Hall–Kier alpha value is -7.29. The standard InChI is InChI=1S/C43H66ClN11O4.C28H36N4O5.H2S/c1-42(2,3)59-41(58)49-43(13-19-55(20-14-43)39-35-9-15-45-38(35)46-31-47-39)40(57)48-36(33-5-7-34(44)8-6-33)12-18-51-25-27-54(28-26-51)37(56)30-52-16-10-32(11-17-52)29-53-23-21-50(4)22-24-53;1-6-19-8-7-9-21(12-19)22-14-23(24(18-33)29-15-22)30-25(34)17-32(27(36)37-28(2,3)4)16-20-10-11-31(5)26(35)13-20;/h5-9,15,32,36,45-46H,10-14,16-31H2,1-4H3,(H,48,57)(H,49,58);7-9,12,14-15,18,20H,6,10-11,13,16-17H2,1-5H3,(H,30,34);1H2. The topological polar surface area (TPSA) is 253 Å². The highest BCUT2D eigenvalue weighted by molar-refractivity contribution is 7.59. The van der Waals surface area contributed by atoms with Gasteiger partial charge in [-0.3, -0.25) is 43.7 Å². The average molecular weight is 1380 g/mol. The maximum absolute atomic E-state index is 14.6. The highest BCUT2D eigenvalue weighted by atomic mass is 35.5. The second-order valence-electron chi connectivity index (χ2n) is 28.6. The third-order valence-electron chi connectivity index (χ3n) is 19.0. The number of pyridine rings is 1. The van der Waals surface area contributed by atoms with Gasteiger partial charge in [-0.2, -0.15) is 13.5 Å². The van der Waals surface area contributed by atoms with E-state index in [1.54, 1.807) is 45.0 Å². The van der Waals surface area contributed by atoms with Crippen molar-refractivity contribution < 1.29 is 43.0 Å². The van der Waals surface area contributed by atoms with Gasteiger partial charge in [0.25, 0.3) is 0 Å². The molecule has 6 amide bonds. The molecule has 6 aliphatic rings. The van der Waals surface area contributed by atoms with Gasteiger partial charge in [-0.15, -0.1) is 0 Å². The summed E-state index contributed by atoms with van der Waals surface area (Å²) < 4.78 is 11.2. The first kappa shape index (κ1) is 75.5. The number of aldehydes is 1. The summed E-state index contributed by atoms with van der Waals surface area (Å²) in [5, 5.41) is 13.0. The zero-order valence-corrected chi connectivity index (χ0v) is 60.1. The van der Waals surface area contributed by atoms with Crippen LogP contribution in [0.2, 0.25) is 5.02 Å². The number of hydrogen-bond acceptors (Lipinski definition) is 17. The lowest BCUT2D eigenvalue weighted by molar-refractivity contribution is -0.135. The number of nitrogens with zero attached hydrogens (tertiary/aromatic N) is 10. The van der Waals surface area contributed by atoms with Crippen LogP contribution in [0.5, 0.6) is 0 Å². The number of halogens is 1. The SMILES string of the molecule is CCc1cccc(-c2cnc(C=O)c(NC(=O)CN(CC3CCN(C)C(=O)C3)C(=O)OC(C)(C)C)c2)c1.CN1CCN(CC2CCN(CC(=O)N3CCN(CCC(NC(=O)C4(NC(=O)OC(C)(C)C)CCN(C5=NCNc6[nH]ccc65)CC4)c4ccc(Cl)cc4)CC3)CC2)CC1.S. The molecule has 2 aromatic carbocycles. The quantitative estimate of drug-likeness (QED) is 0.0562. The summed E-state index contributed by atoms with van der Waals surface area (Å²) in [4.78, 5) is 120. The van der Waals surface area contributed by atoms with Crippen LogP contribution in [0.15, 0.2) is 78.0 Å². The monoisotopic (exact) mass is 1380 g/mol. The van der Waals surface area contributed by atoms with E-state index < -0.39 is 34.8 Å². The van der Waals surface area contributed by atoms with Gasteiger partial charge in [0.15, 0.2) is 6.29 Å². The lowest BCUT2D eigenvalue weighted by atomic mass is 9.85. The fraction of sp³-hybridized carbons (Fsp3) is 0.592. The van der Waals surface area contributed by atoms with Crippen LogP contribution in [0.4, 0.5) is 21.1 Å². The van der Waals surface area contributed by atoms with E-state index in [2.05, 4.69) is 69.7 Å². The normalized spacial score (nSPS) is 19.3. The Morgan fingerprint density at radius 1 is 0.804 bits per heavy atom. The number of aromatic amines is 1. The minimum Gasteiger partial charge on any atom is -0.444 e. The lowest BCUT2D eigenvalue weighted by Crippen LogP contribution is -2.64. The van der Waals surface area contributed by atoms with Crippen molar-refractivity contribution in [2.24, 2.45) is 16.8 Å². The maximum Gasteiger partial charge on any atom is 0.410 e. The molecule has 2 atom stereocenters. The third-order valence-corrected chi connectivity index (χ3v) is 19.2. The van der Waals surface area contributed by atoms with Crippen molar-refractivity contribution in [2.45, 2.75) is 123 Å². The Morgan fingerprint density at radius 3 is 2.14 bits per heavy atom. The van der Waals surface area contributed by atoms with Crippen LogP contribution in [0.3, 0.4) is 0 Å². The molecule has 5 N–H and O–H groups in total. The van der Waals surface area contributed by atoms with E-state index in [0.717, 1.165) is 130 Å². The molecule has 0 radical (unpaired) electrons. The van der Waals surface area contributed by atoms with E-state index in [1.165, 1.54) is 11.4 Å². The molecule has 2 unspecified atom stereocenters. The first-order valence-corrected chi connectivity index (χ1v) is 34.7. The molecule has 8 heterocycles. The predicted molar refractivity (Wildman–Crippen MR) is 383 cm³/mol. The summed E-state index contributed by atoms with van der Waals surface area (Å²) in [5.74, 6) is 1.96. The number of aliphatic imine (C=N–C) groups is 1. The van der Waals surface area contributed by atoms with E-state index in [9.17, 15) is 33.6 Å². The Kier molecular flexibility index (Phi) is 26.8. The molecule has 0 saturated carbocycles. The summed E-state index contributed by atoms with van der Waals surface area (Å²) in [5.41, 5.74) is 2.46. The summed E-state index contributed by atoms with van der Waals surface area (Å²) >= 11 is 6.31. The van der Waals surface area contributed by atoms with Gasteiger partial charge < -0.3 is 60.2 Å². The van der Waals surface area contributed by atoms with Crippen molar-refractivity contribution in [2.75, 3.05) is 149 Å². The Balaban J connectivity index is 0.000000273. The summed E-state index contributed by atoms with van der Waals surface area (Å²) in [7, 11) is 3.96. The molecule has 0 aliphatic carbocycles. The number of likely N-dealkylation sites (N-methyl/N-ethyl adjacent to an activating group) is 1. The highest BCUT2D eigenvalue weighted by Gasteiger charge is 2.46. The highest BCUT2D eigenvalue weighted by Crippen LogP contribution is 2.32. The van der Waals surface area contributed by atoms with Crippen molar-refractivity contribution in [3.8, 4) is 11.1 Å². The smallest absolute Gasteiger partial charge is 0.410 e. The number of nitrogens with one attached hydrogen (secondary N) is 5. The molecule has 2 aromatic heterocycles. The molecule has 24 nitrogen and oxygen atoms in total. The number of carbonyl (C=O) groups is 7. The molecule has 4 aromatic rings. The largest absolute Gasteiger partial charge is 0.444 e. The fourth-order valence-electron chi connectivity index (χ4n) is 13.3. The number of aryl methyl sites for hydroxylation is 1. The van der Waals surface area contributed by atoms with Crippen LogP contribution in [-0.2, 0) is 35.1 Å². The summed E-state index contributed by atoms with van der Waals surface area (Å²) in [6, 6.07) is 18.9. The Bertz CT molecular complexity index is 3340. The minimum absolute atomic E-state index is 0. The second-order valence-corrected chi connectivity index (χ2v) is 29.0. The van der Waals surface area contributed by atoms with Gasteiger partial charge in [0.2, 0.25) is 23.6 Å². The second kappa shape index (κ2) is 34.5. The molecule has 97 heavy (non-hydrogen) atoms. The molecular weight excluding hydrogens is 1270 g/mol. The van der Waals surface area contributed by atoms with Gasteiger partial charge >= 0.3 is 12.2 Å². The maximum atomic E-state index is 14.6. The third kappa shape index (κ3) is 21.9. The van der Waals surface area contributed by atoms with Crippen molar-refractivity contribution >= 4 is 84.5 Å². The lowest BCUT2D eigenvalue weighted by Gasteiger charge is -2.43. The van der Waals surface area contributed by atoms with Crippen molar-refractivity contribution in [1.82, 2.24) is 59.8 Å². The Labute approximate surface area is 584 Å². The number of aromatic nitrogens is 2. The fourth-order valence-corrected chi connectivity index (χ4v) is 13.4. The number of ether oxygens (including phenoxy) is 2. The molecule has 0 bridgehead atoms. The number of piperidine rings is 3. The van der Waals surface area contributed by atoms with Gasteiger partial charge in [-0.1, -0.05) is 54.9 Å². The van der Waals surface area contributed by atoms with Crippen LogP contribution in [-0.4, -0.2) is 252 Å². The number of piperazine rings is 2. The van der Waals surface area contributed by atoms with Gasteiger partial charge in [-0.05, 0) is 159 Å². The molecule has 0 spiro atoms. The molecule has 26 heteroatoms. The van der Waals surface area contributed by atoms with Crippen LogP contribution >= 0.6 is 25.1 Å². The van der Waals surface area contributed by atoms with Gasteiger partial charge in [0.1, 0.15) is 47.3 Å². The van der Waals surface area contributed by atoms with Crippen molar-refractivity contribution in [3.63, 3.8) is 0 Å². The van der Waals surface area contributed by atoms with E-state index in [0.29, 0.717) is 82.9 Å². The molecule has 5 fully saturated rings. The van der Waals surface area contributed by atoms with E-state index in [-0.39, 0.29) is 67.6 Å². The van der Waals surface area contributed by atoms with Crippen LogP contribution < -0.4 is 21.3 Å². The minimum atomic E-state index is -1.19. The van der Waals surface area contributed by atoms with E-state index >= 15 is 0 Å². The number of H-pyrrole nitrogens is 1. The van der Waals surface area contributed by atoms with Crippen LogP contribution in [0.1, 0.15) is 127 Å². The van der Waals surface area contributed by atoms with Gasteiger partial charge in [-0.25, -0.2) is 14.6 Å². The number of anilines is 2. The number of amides is 6. The van der Waals surface area contributed by atoms with Crippen LogP contribution in [0.25, 0.3) is 11.1 Å².